The summed E-state index contributed by atoms with van der Waals surface area (Å²) < 4.78 is 43.2. The van der Waals surface area contributed by atoms with Crippen molar-refractivity contribution in [3.8, 4) is 0 Å². The first kappa shape index (κ1) is 29.8. The van der Waals surface area contributed by atoms with Crippen molar-refractivity contribution < 1.29 is 22.4 Å². The lowest BCUT2D eigenvalue weighted by Gasteiger charge is -2.33. The Morgan fingerprint density at radius 1 is 0.897 bits per heavy atom. The van der Waals surface area contributed by atoms with Crippen LogP contribution >= 0.6 is 0 Å². The van der Waals surface area contributed by atoms with Crippen LogP contribution in [0.15, 0.2) is 83.8 Å². The second-order valence-electron chi connectivity index (χ2n) is 9.53. The minimum Gasteiger partial charge on any atom is -0.352 e. The monoisotopic (exact) mass is 553 g/mol. The van der Waals surface area contributed by atoms with Gasteiger partial charge in [-0.05, 0) is 56.5 Å². The molecule has 0 aliphatic heterocycles. The van der Waals surface area contributed by atoms with Crippen LogP contribution in [-0.4, -0.2) is 43.8 Å². The second kappa shape index (κ2) is 13.4. The SMILES string of the molecule is CC[C@@H](C)NC(=O)[C@H](CC)N(Cc1ccc(C)cc1)C(=O)CN(c1ccccc1F)S(=O)(=O)c1ccccc1. The maximum Gasteiger partial charge on any atom is 0.264 e. The number of nitrogens with zero attached hydrogens (tertiary/aromatic N) is 2. The minimum atomic E-state index is -4.31. The Kier molecular flexibility index (Phi) is 10.2. The van der Waals surface area contributed by atoms with Crippen LogP contribution in [0.4, 0.5) is 10.1 Å². The van der Waals surface area contributed by atoms with E-state index in [1.165, 1.54) is 35.2 Å². The number of nitrogens with one attached hydrogen (secondary N) is 1. The van der Waals surface area contributed by atoms with Crippen LogP contribution < -0.4 is 9.62 Å². The Bertz CT molecular complexity index is 1360. The third-order valence-electron chi connectivity index (χ3n) is 6.59. The molecular weight excluding hydrogens is 517 g/mol. The summed E-state index contributed by atoms with van der Waals surface area (Å²) in [6.45, 7) is 6.97. The van der Waals surface area contributed by atoms with Crippen molar-refractivity contribution in [2.75, 3.05) is 10.8 Å². The molecule has 39 heavy (non-hydrogen) atoms. The summed E-state index contributed by atoms with van der Waals surface area (Å²) in [5.74, 6) is -1.73. The molecule has 208 valence electrons. The van der Waals surface area contributed by atoms with Crippen molar-refractivity contribution in [3.63, 3.8) is 0 Å². The number of rotatable bonds is 12. The van der Waals surface area contributed by atoms with E-state index in [2.05, 4.69) is 5.32 Å². The number of sulfonamides is 1. The van der Waals surface area contributed by atoms with Crippen molar-refractivity contribution in [2.24, 2.45) is 0 Å². The summed E-state index contributed by atoms with van der Waals surface area (Å²) in [5.41, 5.74) is 1.58. The van der Waals surface area contributed by atoms with Gasteiger partial charge in [-0.15, -0.1) is 0 Å². The molecule has 0 fully saturated rings. The Balaban J connectivity index is 2.05. The largest absolute Gasteiger partial charge is 0.352 e. The smallest absolute Gasteiger partial charge is 0.264 e. The molecule has 2 amide bonds. The molecule has 3 aromatic carbocycles. The first-order chi connectivity index (χ1) is 18.6. The number of carbonyl (C=O) groups excluding carboxylic acids is 2. The molecule has 0 unspecified atom stereocenters. The van der Waals surface area contributed by atoms with E-state index in [1.54, 1.807) is 25.1 Å². The van der Waals surface area contributed by atoms with Gasteiger partial charge in [-0.25, -0.2) is 12.8 Å². The predicted octanol–water partition coefficient (Wildman–Crippen LogP) is 5.05. The number of halogens is 1. The van der Waals surface area contributed by atoms with Crippen molar-refractivity contribution in [2.45, 2.75) is 64.1 Å². The number of carbonyl (C=O) groups is 2. The van der Waals surface area contributed by atoms with E-state index in [4.69, 9.17) is 0 Å². The molecule has 0 saturated heterocycles. The molecule has 0 spiro atoms. The van der Waals surface area contributed by atoms with Gasteiger partial charge in [0.15, 0.2) is 0 Å². The zero-order chi connectivity index (χ0) is 28.6. The second-order valence-corrected chi connectivity index (χ2v) is 11.4. The van der Waals surface area contributed by atoms with E-state index < -0.39 is 34.3 Å². The fraction of sp³-hybridized carbons (Fsp3) is 0.333. The van der Waals surface area contributed by atoms with Gasteiger partial charge in [0.2, 0.25) is 11.8 Å². The number of aryl methyl sites for hydroxylation is 1. The van der Waals surface area contributed by atoms with Gasteiger partial charge < -0.3 is 10.2 Å². The standard InChI is InChI=1S/C30H36FN3O4S/c1-5-23(4)32-30(36)27(6-2)33(20-24-18-16-22(3)17-19-24)29(35)21-34(28-15-11-10-14-26(28)31)39(37,38)25-12-8-7-9-13-25/h7-19,23,27H,5-6,20-21H2,1-4H3,(H,32,36)/t23-,27+/m1/s1. The highest BCUT2D eigenvalue weighted by Crippen LogP contribution is 2.27. The molecule has 9 heteroatoms. The van der Waals surface area contributed by atoms with Crippen LogP contribution in [0.3, 0.4) is 0 Å². The topological polar surface area (TPSA) is 86.8 Å². The first-order valence-corrected chi connectivity index (χ1v) is 14.5. The molecule has 0 aliphatic rings. The van der Waals surface area contributed by atoms with Crippen molar-refractivity contribution >= 4 is 27.5 Å². The van der Waals surface area contributed by atoms with Crippen LogP contribution in [0.25, 0.3) is 0 Å². The molecule has 3 aromatic rings. The minimum absolute atomic E-state index is 0.0762. The first-order valence-electron chi connectivity index (χ1n) is 13.1. The Morgan fingerprint density at radius 2 is 1.51 bits per heavy atom. The molecule has 0 bridgehead atoms. The average molecular weight is 554 g/mol. The summed E-state index contributed by atoms with van der Waals surface area (Å²) in [6, 6.07) is 19.6. The fourth-order valence-corrected chi connectivity index (χ4v) is 5.58. The number of para-hydroxylation sites is 1. The Morgan fingerprint density at radius 3 is 2.10 bits per heavy atom. The van der Waals surface area contributed by atoms with Crippen LogP contribution in [0.5, 0.6) is 0 Å². The average Bonchev–Trinajstić information content (AvgIpc) is 2.93. The lowest BCUT2D eigenvalue weighted by atomic mass is 10.1. The normalized spacial score (nSPS) is 12.8. The molecule has 7 nitrogen and oxygen atoms in total. The molecule has 0 aliphatic carbocycles. The molecule has 3 rings (SSSR count). The highest BCUT2D eigenvalue weighted by Gasteiger charge is 2.34. The number of amides is 2. The molecule has 2 atom stereocenters. The third kappa shape index (κ3) is 7.44. The van der Waals surface area contributed by atoms with Crippen LogP contribution in [0.1, 0.15) is 44.7 Å². The van der Waals surface area contributed by atoms with E-state index in [0.717, 1.165) is 21.5 Å². The van der Waals surface area contributed by atoms with E-state index >= 15 is 0 Å². The van der Waals surface area contributed by atoms with Crippen molar-refractivity contribution in [3.05, 3.63) is 95.8 Å². The molecule has 0 saturated carbocycles. The Hall–Kier alpha value is -3.72. The summed E-state index contributed by atoms with van der Waals surface area (Å²) in [6.07, 6.45) is 1.02. The van der Waals surface area contributed by atoms with Gasteiger partial charge in [0.1, 0.15) is 18.4 Å². The van der Waals surface area contributed by atoms with Gasteiger partial charge in [-0.1, -0.05) is 74.0 Å². The van der Waals surface area contributed by atoms with E-state index in [9.17, 15) is 22.4 Å². The lowest BCUT2D eigenvalue weighted by molar-refractivity contribution is -0.140. The van der Waals surface area contributed by atoms with E-state index in [-0.39, 0.29) is 29.1 Å². The van der Waals surface area contributed by atoms with Gasteiger partial charge in [0, 0.05) is 12.6 Å². The number of anilines is 1. The zero-order valence-electron chi connectivity index (χ0n) is 22.8. The van der Waals surface area contributed by atoms with Crippen LogP contribution in [0, 0.1) is 12.7 Å². The maximum absolute atomic E-state index is 15.0. The molecule has 0 radical (unpaired) electrons. The highest BCUT2D eigenvalue weighted by molar-refractivity contribution is 7.92. The Labute approximate surface area is 230 Å². The molecular formula is C30H36FN3O4S. The molecule has 1 N–H and O–H groups in total. The van der Waals surface area contributed by atoms with Crippen LogP contribution in [0.2, 0.25) is 0 Å². The van der Waals surface area contributed by atoms with E-state index in [0.29, 0.717) is 12.8 Å². The maximum atomic E-state index is 15.0. The van der Waals surface area contributed by atoms with Gasteiger partial charge in [-0.3, -0.25) is 13.9 Å². The van der Waals surface area contributed by atoms with Crippen LogP contribution in [-0.2, 0) is 26.2 Å². The number of benzene rings is 3. The summed E-state index contributed by atoms with van der Waals surface area (Å²) >= 11 is 0. The van der Waals surface area contributed by atoms with Gasteiger partial charge >= 0.3 is 0 Å². The number of hydrogen-bond donors (Lipinski definition) is 1. The highest BCUT2D eigenvalue weighted by atomic mass is 32.2. The molecule has 0 heterocycles. The summed E-state index contributed by atoms with van der Waals surface area (Å²) in [5, 5.41) is 2.94. The third-order valence-corrected chi connectivity index (χ3v) is 8.37. The quantitative estimate of drug-likeness (QED) is 0.340. The van der Waals surface area contributed by atoms with E-state index in [1.807, 2.05) is 45.0 Å². The van der Waals surface area contributed by atoms with Gasteiger partial charge in [0.25, 0.3) is 10.0 Å². The van der Waals surface area contributed by atoms with Crippen molar-refractivity contribution in [1.29, 1.82) is 0 Å². The molecule has 0 aromatic heterocycles. The summed E-state index contributed by atoms with van der Waals surface area (Å²) in [7, 11) is -4.31. The van der Waals surface area contributed by atoms with Gasteiger partial charge in [0.05, 0.1) is 10.6 Å². The zero-order valence-corrected chi connectivity index (χ0v) is 23.6. The summed E-state index contributed by atoms with van der Waals surface area (Å²) in [4.78, 5) is 28.5. The number of hydrogen-bond acceptors (Lipinski definition) is 4. The fourth-order valence-electron chi connectivity index (χ4n) is 4.14. The van der Waals surface area contributed by atoms with Gasteiger partial charge in [-0.2, -0.15) is 0 Å². The predicted molar refractivity (Wildman–Crippen MR) is 151 cm³/mol. The lowest BCUT2D eigenvalue weighted by Crippen LogP contribution is -2.53. The van der Waals surface area contributed by atoms with Crippen molar-refractivity contribution in [1.82, 2.24) is 10.2 Å².